The Balaban J connectivity index is 1.44. The van der Waals surface area contributed by atoms with Crippen LogP contribution in [0.4, 0.5) is 0 Å². The van der Waals surface area contributed by atoms with Gasteiger partial charge in [0.1, 0.15) is 11.7 Å². The zero-order valence-corrected chi connectivity index (χ0v) is 20.0. The Bertz CT molecular complexity index is 1180. The Labute approximate surface area is 204 Å². The van der Waals surface area contributed by atoms with Crippen molar-refractivity contribution in [1.82, 2.24) is 30.3 Å². The number of benzene rings is 1. The van der Waals surface area contributed by atoms with E-state index in [2.05, 4.69) is 20.7 Å². The number of nitrogens with one attached hydrogen (secondary N) is 2. The van der Waals surface area contributed by atoms with E-state index >= 15 is 0 Å². The molecule has 0 unspecified atom stereocenters. The number of fused-ring (bicyclic) bond motifs is 1. The molecule has 1 aromatic carbocycles. The molecule has 0 bridgehead atoms. The molecule has 0 aliphatic carbocycles. The van der Waals surface area contributed by atoms with Gasteiger partial charge in [0.25, 0.3) is 11.8 Å². The monoisotopic (exact) mass is 474 g/mol. The number of carbonyl (C=O) groups excluding carboxylic acids is 3. The van der Waals surface area contributed by atoms with Crippen molar-refractivity contribution < 1.29 is 14.4 Å². The predicted molar refractivity (Wildman–Crippen MR) is 130 cm³/mol. The third-order valence-electron chi connectivity index (χ3n) is 5.96. The fourth-order valence-electron chi connectivity index (χ4n) is 4.05. The van der Waals surface area contributed by atoms with Gasteiger partial charge in [-0.15, -0.1) is 0 Å². The highest BCUT2D eigenvalue weighted by Gasteiger charge is 2.29. The molecule has 0 saturated carbocycles. The van der Waals surface area contributed by atoms with Crippen LogP contribution in [0.1, 0.15) is 52.4 Å². The molecule has 3 heterocycles. The van der Waals surface area contributed by atoms with Crippen molar-refractivity contribution in [2.75, 3.05) is 6.54 Å². The second-order valence-corrected chi connectivity index (χ2v) is 8.98. The summed E-state index contributed by atoms with van der Waals surface area (Å²) in [7, 11) is 0. The molecule has 35 heavy (non-hydrogen) atoms. The fraction of sp³-hybridized carbons (Fsp3) is 0.346. The van der Waals surface area contributed by atoms with E-state index in [0.29, 0.717) is 31.9 Å². The summed E-state index contributed by atoms with van der Waals surface area (Å²) in [6, 6.07) is 14.2. The number of aryl methyl sites for hydroxylation is 1. The summed E-state index contributed by atoms with van der Waals surface area (Å²) in [6.45, 7) is 5.70. The van der Waals surface area contributed by atoms with Crippen molar-refractivity contribution in [3.63, 3.8) is 0 Å². The number of hydrogen-bond acceptors (Lipinski definition) is 5. The van der Waals surface area contributed by atoms with Crippen LogP contribution in [-0.4, -0.2) is 50.0 Å². The average molecular weight is 475 g/mol. The molecule has 1 atom stereocenters. The first kappa shape index (κ1) is 24.1. The first-order valence-electron chi connectivity index (χ1n) is 11.8. The summed E-state index contributed by atoms with van der Waals surface area (Å²) in [4.78, 5) is 44.8. The molecule has 1 aliphatic heterocycles. The molecule has 3 amide bonds. The van der Waals surface area contributed by atoms with E-state index in [0.717, 1.165) is 17.5 Å². The SMILES string of the molecule is CC(C)[C@@H](NC(=O)c1cc2n(n1)CCCN(Cc1ccccc1)C2=O)C(=O)NCc1cccnc1. The molecule has 0 fully saturated rings. The highest BCUT2D eigenvalue weighted by Crippen LogP contribution is 2.17. The number of hydrogen-bond donors (Lipinski definition) is 2. The average Bonchev–Trinajstić information content (AvgIpc) is 3.24. The maximum atomic E-state index is 13.2. The first-order chi connectivity index (χ1) is 16.9. The lowest BCUT2D eigenvalue weighted by Gasteiger charge is -2.21. The van der Waals surface area contributed by atoms with Gasteiger partial charge in [0.15, 0.2) is 5.69 Å². The lowest BCUT2D eigenvalue weighted by molar-refractivity contribution is -0.124. The van der Waals surface area contributed by atoms with Crippen LogP contribution in [0.5, 0.6) is 0 Å². The second kappa shape index (κ2) is 10.9. The maximum Gasteiger partial charge on any atom is 0.272 e. The second-order valence-electron chi connectivity index (χ2n) is 8.98. The minimum Gasteiger partial charge on any atom is -0.350 e. The van der Waals surface area contributed by atoms with Gasteiger partial charge in [-0.1, -0.05) is 50.2 Å². The van der Waals surface area contributed by atoms with Gasteiger partial charge in [-0.2, -0.15) is 5.10 Å². The van der Waals surface area contributed by atoms with Crippen LogP contribution < -0.4 is 10.6 Å². The molecule has 9 heteroatoms. The van der Waals surface area contributed by atoms with Gasteiger partial charge in [-0.05, 0) is 29.5 Å². The number of rotatable bonds is 8. The Morgan fingerprint density at radius 3 is 2.54 bits per heavy atom. The van der Waals surface area contributed by atoms with E-state index in [1.165, 1.54) is 6.07 Å². The Kier molecular flexibility index (Phi) is 7.54. The van der Waals surface area contributed by atoms with Crippen molar-refractivity contribution in [2.45, 2.75) is 45.9 Å². The van der Waals surface area contributed by atoms with Gasteiger partial charge < -0.3 is 15.5 Å². The highest BCUT2D eigenvalue weighted by atomic mass is 16.2. The molecule has 0 saturated heterocycles. The number of nitrogens with zero attached hydrogens (tertiary/aromatic N) is 4. The van der Waals surface area contributed by atoms with Gasteiger partial charge >= 0.3 is 0 Å². The molecular formula is C26H30N6O3. The summed E-state index contributed by atoms with van der Waals surface area (Å²) in [5, 5.41) is 10.0. The molecule has 2 aromatic heterocycles. The van der Waals surface area contributed by atoms with Crippen molar-refractivity contribution in [3.05, 3.63) is 83.4 Å². The molecule has 182 valence electrons. The van der Waals surface area contributed by atoms with Crippen LogP contribution in [0.15, 0.2) is 60.9 Å². The smallest absolute Gasteiger partial charge is 0.272 e. The lowest BCUT2D eigenvalue weighted by atomic mass is 10.0. The summed E-state index contributed by atoms with van der Waals surface area (Å²) in [5.74, 6) is -1.07. The van der Waals surface area contributed by atoms with E-state index < -0.39 is 11.9 Å². The van der Waals surface area contributed by atoms with Crippen molar-refractivity contribution >= 4 is 17.7 Å². The van der Waals surface area contributed by atoms with E-state index in [-0.39, 0.29) is 23.4 Å². The van der Waals surface area contributed by atoms with Gasteiger partial charge in [0, 0.05) is 44.6 Å². The normalized spacial score (nSPS) is 14.3. The van der Waals surface area contributed by atoms with Crippen LogP contribution in [0.2, 0.25) is 0 Å². The molecule has 1 aliphatic rings. The minimum atomic E-state index is -0.744. The number of aromatic nitrogens is 3. The van der Waals surface area contributed by atoms with Gasteiger partial charge in [-0.25, -0.2) is 0 Å². The van der Waals surface area contributed by atoms with Gasteiger partial charge in [-0.3, -0.25) is 24.0 Å². The summed E-state index contributed by atoms with van der Waals surface area (Å²) in [6.07, 6.45) is 4.08. The quantitative estimate of drug-likeness (QED) is 0.521. The largest absolute Gasteiger partial charge is 0.350 e. The van der Waals surface area contributed by atoms with Gasteiger partial charge in [0.2, 0.25) is 5.91 Å². The highest BCUT2D eigenvalue weighted by molar-refractivity contribution is 5.99. The van der Waals surface area contributed by atoms with Crippen LogP contribution in [0.25, 0.3) is 0 Å². The van der Waals surface area contributed by atoms with Crippen LogP contribution in [0, 0.1) is 5.92 Å². The number of pyridine rings is 1. The van der Waals surface area contributed by atoms with E-state index in [9.17, 15) is 14.4 Å². The van der Waals surface area contributed by atoms with Crippen molar-refractivity contribution in [3.8, 4) is 0 Å². The standard InChI is InChI=1S/C26H30N6O3/c1-18(2)23(25(34)28-16-20-10-6-11-27-15-20)29-24(33)21-14-22-26(35)31(12-7-13-32(22)30-21)17-19-8-4-3-5-9-19/h3-6,8-11,14-15,18,23H,7,12-13,16-17H2,1-2H3,(H,28,34)(H,29,33)/t23-/m1/s1. The Morgan fingerprint density at radius 2 is 1.83 bits per heavy atom. The third-order valence-corrected chi connectivity index (χ3v) is 5.96. The zero-order chi connectivity index (χ0) is 24.8. The Morgan fingerprint density at radius 1 is 1.06 bits per heavy atom. The first-order valence-corrected chi connectivity index (χ1v) is 11.8. The van der Waals surface area contributed by atoms with Crippen molar-refractivity contribution in [1.29, 1.82) is 0 Å². The van der Waals surface area contributed by atoms with Crippen molar-refractivity contribution in [2.24, 2.45) is 5.92 Å². The van der Waals surface area contributed by atoms with Crippen LogP contribution in [-0.2, 0) is 24.4 Å². The molecule has 0 spiro atoms. The molecule has 4 rings (SSSR count). The summed E-state index contributed by atoms with van der Waals surface area (Å²) >= 11 is 0. The summed E-state index contributed by atoms with van der Waals surface area (Å²) in [5.41, 5.74) is 2.42. The lowest BCUT2D eigenvalue weighted by Crippen LogP contribution is -2.49. The van der Waals surface area contributed by atoms with Crippen LogP contribution >= 0.6 is 0 Å². The number of carbonyl (C=O) groups is 3. The molecular weight excluding hydrogens is 444 g/mol. The van der Waals surface area contributed by atoms with E-state index in [1.54, 1.807) is 28.0 Å². The molecule has 9 nitrogen and oxygen atoms in total. The Hall–Kier alpha value is -4.01. The molecule has 3 aromatic rings. The third kappa shape index (κ3) is 5.92. The fourth-order valence-corrected chi connectivity index (χ4v) is 4.05. The number of amides is 3. The van der Waals surface area contributed by atoms with Crippen LogP contribution in [0.3, 0.4) is 0 Å². The summed E-state index contributed by atoms with van der Waals surface area (Å²) < 4.78 is 1.59. The molecule has 2 N–H and O–H groups in total. The van der Waals surface area contributed by atoms with E-state index in [4.69, 9.17) is 0 Å². The predicted octanol–water partition coefficient (Wildman–Crippen LogP) is 2.39. The molecule has 0 radical (unpaired) electrons. The van der Waals surface area contributed by atoms with Gasteiger partial charge in [0.05, 0.1) is 0 Å². The van der Waals surface area contributed by atoms with E-state index in [1.807, 2.05) is 50.2 Å². The zero-order valence-electron chi connectivity index (χ0n) is 20.0. The topological polar surface area (TPSA) is 109 Å². The minimum absolute atomic E-state index is 0.126. The maximum absolute atomic E-state index is 13.2.